The number of nitrogens with one attached hydrogen (secondary N) is 1. The molecule has 0 atom stereocenters. The molecule has 0 spiro atoms. The molecule has 4 nitrogen and oxygen atoms in total. The first-order chi connectivity index (χ1) is 10.7. The second-order valence-corrected chi connectivity index (χ2v) is 5.31. The number of aliphatic imine (C=N–C) groups is 1. The third-order valence-corrected chi connectivity index (χ3v) is 3.49. The van der Waals surface area contributed by atoms with Gasteiger partial charge in [-0.15, -0.1) is 0 Å². The summed E-state index contributed by atoms with van der Waals surface area (Å²) in [4.78, 5) is 20.3. The lowest BCUT2D eigenvalue weighted by Gasteiger charge is -2.02. The molecule has 1 amide bonds. The van der Waals surface area contributed by atoms with Crippen molar-refractivity contribution < 1.29 is 4.79 Å². The predicted molar refractivity (Wildman–Crippen MR) is 87.3 cm³/mol. The molecule has 0 bridgehead atoms. The van der Waals surface area contributed by atoms with Crippen LogP contribution in [-0.2, 0) is 11.2 Å². The average molecular weight is 291 g/mol. The number of aromatic nitrogens is 1. The van der Waals surface area contributed by atoms with E-state index < -0.39 is 0 Å². The summed E-state index contributed by atoms with van der Waals surface area (Å²) in [7, 11) is 0. The summed E-state index contributed by atoms with van der Waals surface area (Å²) in [6.07, 6.45) is 6.76. The van der Waals surface area contributed by atoms with Gasteiger partial charge in [-0.25, -0.2) is 4.99 Å². The predicted octanol–water partition coefficient (Wildman–Crippen LogP) is 2.89. The number of amidine groups is 1. The number of hydrogen-bond acceptors (Lipinski definition) is 3. The summed E-state index contributed by atoms with van der Waals surface area (Å²) in [5.74, 6) is 0.586. The highest BCUT2D eigenvalue weighted by atomic mass is 16.2. The minimum absolute atomic E-state index is 0.143. The summed E-state index contributed by atoms with van der Waals surface area (Å²) in [6, 6.07) is 12.1. The lowest BCUT2D eigenvalue weighted by molar-refractivity contribution is -0.115. The topological polar surface area (TPSA) is 54.4 Å². The highest BCUT2D eigenvalue weighted by Crippen LogP contribution is 2.14. The van der Waals surface area contributed by atoms with E-state index in [0.717, 1.165) is 24.2 Å². The van der Waals surface area contributed by atoms with Crippen LogP contribution in [0, 0.1) is 6.92 Å². The molecule has 110 valence electrons. The van der Waals surface area contributed by atoms with Crippen LogP contribution in [0.2, 0.25) is 0 Å². The number of pyridine rings is 1. The van der Waals surface area contributed by atoms with Crippen LogP contribution in [0.1, 0.15) is 23.1 Å². The Bertz CT molecular complexity index is 748. The van der Waals surface area contributed by atoms with Crippen molar-refractivity contribution in [3.63, 3.8) is 0 Å². The molecule has 1 aliphatic heterocycles. The van der Waals surface area contributed by atoms with Crippen LogP contribution in [0.15, 0.2) is 59.5 Å². The van der Waals surface area contributed by atoms with Gasteiger partial charge in [-0.2, -0.15) is 0 Å². The van der Waals surface area contributed by atoms with E-state index in [-0.39, 0.29) is 5.91 Å². The quantitative estimate of drug-likeness (QED) is 0.881. The molecule has 0 saturated carbocycles. The lowest BCUT2D eigenvalue weighted by atomic mass is 10.1. The lowest BCUT2D eigenvalue weighted by Crippen LogP contribution is -2.24. The van der Waals surface area contributed by atoms with Crippen molar-refractivity contribution in [3.05, 3.63) is 71.2 Å². The smallest absolute Gasteiger partial charge is 0.275 e. The summed E-state index contributed by atoms with van der Waals surface area (Å²) in [5, 5.41) is 2.84. The Kier molecular flexibility index (Phi) is 4.10. The van der Waals surface area contributed by atoms with Crippen molar-refractivity contribution in [2.75, 3.05) is 0 Å². The maximum Gasteiger partial charge on any atom is 0.275 e. The molecule has 1 N–H and O–H groups in total. The molecule has 0 aliphatic carbocycles. The van der Waals surface area contributed by atoms with Crippen molar-refractivity contribution in [3.8, 4) is 0 Å². The highest BCUT2D eigenvalue weighted by Gasteiger charge is 2.19. The highest BCUT2D eigenvalue weighted by molar-refractivity contribution is 6.14. The first kappa shape index (κ1) is 14.2. The van der Waals surface area contributed by atoms with Crippen molar-refractivity contribution in [2.24, 2.45) is 4.99 Å². The first-order valence-corrected chi connectivity index (χ1v) is 7.27. The van der Waals surface area contributed by atoms with E-state index in [9.17, 15) is 4.79 Å². The van der Waals surface area contributed by atoms with Crippen LogP contribution in [0.4, 0.5) is 0 Å². The Balaban J connectivity index is 1.69. The molecule has 1 aromatic heterocycles. The Morgan fingerprint density at radius 3 is 2.73 bits per heavy atom. The number of aryl methyl sites for hydroxylation is 2. The van der Waals surface area contributed by atoms with Crippen LogP contribution >= 0.6 is 0 Å². The van der Waals surface area contributed by atoms with E-state index in [1.54, 1.807) is 18.5 Å². The largest absolute Gasteiger partial charge is 0.309 e. The Hall–Kier alpha value is -2.75. The third kappa shape index (κ3) is 3.47. The summed E-state index contributed by atoms with van der Waals surface area (Å²) >= 11 is 0. The molecular formula is C18H17N3O. The van der Waals surface area contributed by atoms with Gasteiger partial charge in [0.15, 0.2) is 0 Å². The van der Waals surface area contributed by atoms with Gasteiger partial charge in [-0.1, -0.05) is 29.8 Å². The first-order valence-electron chi connectivity index (χ1n) is 7.27. The number of amides is 1. The Morgan fingerprint density at radius 2 is 1.95 bits per heavy atom. The van der Waals surface area contributed by atoms with Crippen molar-refractivity contribution in [1.29, 1.82) is 0 Å². The normalized spacial score (nSPS) is 15.8. The number of hydrogen-bond donors (Lipinski definition) is 1. The zero-order valence-electron chi connectivity index (χ0n) is 12.4. The molecule has 0 unspecified atom stereocenters. The number of rotatable bonds is 4. The zero-order valence-corrected chi connectivity index (χ0v) is 12.4. The van der Waals surface area contributed by atoms with E-state index in [4.69, 9.17) is 0 Å². The summed E-state index contributed by atoms with van der Waals surface area (Å²) in [6.45, 7) is 2.08. The minimum atomic E-state index is -0.143. The number of nitrogens with zero attached hydrogens (tertiary/aromatic N) is 2. The summed E-state index contributed by atoms with van der Waals surface area (Å²) in [5.41, 5.74) is 3.87. The second-order valence-electron chi connectivity index (χ2n) is 5.31. The van der Waals surface area contributed by atoms with Crippen LogP contribution in [0.25, 0.3) is 6.08 Å². The van der Waals surface area contributed by atoms with Gasteiger partial charge in [0.1, 0.15) is 11.5 Å². The fraction of sp³-hybridized carbons (Fsp3) is 0.167. The van der Waals surface area contributed by atoms with Crippen LogP contribution in [-0.4, -0.2) is 16.7 Å². The van der Waals surface area contributed by atoms with Crippen molar-refractivity contribution in [1.82, 2.24) is 10.3 Å². The van der Waals surface area contributed by atoms with Gasteiger partial charge < -0.3 is 5.32 Å². The third-order valence-electron chi connectivity index (χ3n) is 3.49. The summed E-state index contributed by atoms with van der Waals surface area (Å²) < 4.78 is 0. The van der Waals surface area contributed by atoms with Gasteiger partial charge >= 0.3 is 0 Å². The molecule has 3 rings (SSSR count). The molecule has 2 aromatic rings. The molecular weight excluding hydrogens is 274 g/mol. The van der Waals surface area contributed by atoms with E-state index in [1.807, 2.05) is 12.1 Å². The molecule has 4 heteroatoms. The van der Waals surface area contributed by atoms with E-state index in [2.05, 4.69) is 46.5 Å². The zero-order chi connectivity index (χ0) is 15.4. The average Bonchev–Trinajstić information content (AvgIpc) is 2.87. The van der Waals surface area contributed by atoms with E-state index in [1.165, 1.54) is 11.1 Å². The Labute approximate surface area is 129 Å². The molecule has 22 heavy (non-hydrogen) atoms. The van der Waals surface area contributed by atoms with E-state index in [0.29, 0.717) is 5.70 Å². The SMILES string of the molecule is Cc1cccc(CCC2=N/C(=C/c3ccncc3)C(=O)N2)c1. The van der Waals surface area contributed by atoms with Gasteiger partial charge in [0.05, 0.1) is 0 Å². The van der Waals surface area contributed by atoms with Gasteiger partial charge in [0, 0.05) is 18.8 Å². The van der Waals surface area contributed by atoms with Crippen LogP contribution < -0.4 is 5.32 Å². The second kappa shape index (κ2) is 6.35. The van der Waals surface area contributed by atoms with E-state index >= 15 is 0 Å². The fourth-order valence-electron chi connectivity index (χ4n) is 2.38. The number of benzene rings is 1. The number of carbonyl (C=O) groups is 1. The minimum Gasteiger partial charge on any atom is -0.309 e. The van der Waals surface area contributed by atoms with Gasteiger partial charge in [-0.05, 0) is 42.7 Å². The molecule has 2 heterocycles. The Morgan fingerprint density at radius 1 is 1.14 bits per heavy atom. The molecule has 0 radical (unpaired) electrons. The fourth-order valence-corrected chi connectivity index (χ4v) is 2.38. The van der Waals surface area contributed by atoms with Gasteiger partial charge in [0.25, 0.3) is 5.91 Å². The van der Waals surface area contributed by atoms with Crippen LogP contribution in [0.3, 0.4) is 0 Å². The molecule has 0 saturated heterocycles. The number of carbonyl (C=O) groups excluding carboxylic acids is 1. The van der Waals surface area contributed by atoms with Crippen molar-refractivity contribution in [2.45, 2.75) is 19.8 Å². The van der Waals surface area contributed by atoms with Crippen molar-refractivity contribution >= 4 is 17.8 Å². The van der Waals surface area contributed by atoms with Gasteiger partial charge in [-0.3, -0.25) is 9.78 Å². The monoisotopic (exact) mass is 291 g/mol. The standard InChI is InChI=1S/C18H17N3O/c1-13-3-2-4-14(11-13)5-6-17-20-16(18(22)21-17)12-15-7-9-19-10-8-15/h2-4,7-12H,5-6H2,1H3,(H,20,21,22)/b16-12+. The molecule has 0 fully saturated rings. The van der Waals surface area contributed by atoms with Crippen LogP contribution in [0.5, 0.6) is 0 Å². The van der Waals surface area contributed by atoms with Gasteiger partial charge in [0.2, 0.25) is 0 Å². The maximum atomic E-state index is 11.9. The molecule has 1 aliphatic rings. The molecule has 1 aromatic carbocycles. The maximum absolute atomic E-state index is 11.9.